The average molecular weight is 858 g/mol. The summed E-state index contributed by atoms with van der Waals surface area (Å²) in [5.74, 6) is -0.487. The van der Waals surface area contributed by atoms with Gasteiger partial charge in [0.05, 0.1) is 25.2 Å². The molecule has 3 unspecified atom stereocenters. The first-order valence-electron chi connectivity index (χ1n) is 26.7. The normalized spacial score (nSPS) is 13.5. The third kappa shape index (κ3) is 44.5. The number of carbonyl (C=O) groups is 2. The van der Waals surface area contributed by atoms with Crippen LogP contribution in [0.3, 0.4) is 0 Å². The van der Waals surface area contributed by atoms with E-state index in [2.05, 4.69) is 62.5 Å². The molecule has 6 nitrogen and oxygen atoms in total. The van der Waals surface area contributed by atoms with Crippen molar-refractivity contribution in [1.29, 1.82) is 0 Å². The van der Waals surface area contributed by atoms with Crippen molar-refractivity contribution in [3.63, 3.8) is 0 Å². The molecule has 0 bridgehead atoms. The van der Waals surface area contributed by atoms with Crippen molar-refractivity contribution in [1.82, 2.24) is 5.32 Å². The highest BCUT2D eigenvalue weighted by atomic mass is 16.5. The van der Waals surface area contributed by atoms with Gasteiger partial charge in [0.2, 0.25) is 5.91 Å². The third-order valence-corrected chi connectivity index (χ3v) is 12.2. The van der Waals surface area contributed by atoms with E-state index in [4.69, 9.17) is 4.74 Å². The Bertz CT molecular complexity index is 1010. The van der Waals surface area contributed by atoms with Crippen LogP contribution in [0, 0.1) is 0 Å². The van der Waals surface area contributed by atoms with E-state index in [1.165, 1.54) is 154 Å². The Hall–Kier alpha value is -1.92. The standard InChI is InChI=1S/C55H103NO5/c1-4-7-10-13-16-19-22-24-26-27-29-31-33-36-39-42-45-48-55(60)61-51(46-43-40-37-34-32-30-28-25-23-20-17-14-11-8-5-2)49-54(59)56-52(50-57)53(58)47-44-41-38-35-21-18-15-12-9-6-3/h16,19,24,26,29,31,51-53,57-58H,4-15,17-18,20-23,25,27-28,30,32-50H2,1-3H3,(H,56,59)/b19-16-,26-24-,31-29-. The molecule has 0 aromatic carbocycles. The van der Waals surface area contributed by atoms with Gasteiger partial charge >= 0.3 is 5.97 Å². The molecule has 0 saturated carbocycles. The molecule has 0 aromatic rings. The van der Waals surface area contributed by atoms with Gasteiger partial charge in [0.15, 0.2) is 0 Å². The van der Waals surface area contributed by atoms with E-state index in [0.29, 0.717) is 19.3 Å². The minimum atomic E-state index is -0.788. The first kappa shape index (κ1) is 59.1. The third-order valence-electron chi connectivity index (χ3n) is 12.2. The average Bonchev–Trinajstić information content (AvgIpc) is 3.25. The van der Waals surface area contributed by atoms with Crippen molar-refractivity contribution in [2.45, 2.75) is 296 Å². The number of aliphatic hydroxyl groups is 2. The van der Waals surface area contributed by atoms with Crippen LogP contribution in [0.5, 0.6) is 0 Å². The fourth-order valence-electron chi connectivity index (χ4n) is 8.14. The molecule has 6 heteroatoms. The van der Waals surface area contributed by atoms with Gasteiger partial charge in [-0.1, -0.05) is 237 Å². The van der Waals surface area contributed by atoms with Gasteiger partial charge in [-0.2, -0.15) is 0 Å². The number of esters is 1. The maximum Gasteiger partial charge on any atom is 0.306 e. The molecule has 0 aliphatic carbocycles. The summed E-state index contributed by atoms with van der Waals surface area (Å²) >= 11 is 0. The number of nitrogens with one attached hydrogen (secondary N) is 1. The predicted molar refractivity (Wildman–Crippen MR) is 264 cm³/mol. The molecule has 0 fully saturated rings. The highest BCUT2D eigenvalue weighted by Crippen LogP contribution is 2.18. The van der Waals surface area contributed by atoms with Crippen molar-refractivity contribution in [3.8, 4) is 0 Å². The van der Waals surface area contributed by atoms with Gasteiger partial charge in [0.25, 0.3) is 0 Å². The lowest BCUT2D eigenvalue weighted by atomic mass is 10.0. The summed E-state index contributed by atoms with van der Waals surface area (Å²) in [4.78, 5) is 26.2. The van der Waals surface area contributed by atoms with E-state index >= 15 is 0 Å². The number of ether oxygens (including phenoxy) is 1. The van der Waals surface area contributed by atoms with Crippen LogP contribution in [0.25, 0.3) is 0 Å². The number of hydrogen-bond donors (Lipinski definition) is 3. The minimum absolute atomic E-state index is 0.0725. The molecule has 0 spiro atoms. The number of unbranched alkanes of at least 4 members (excludes halogenated alkanes) is 30. The van der Waals surface area contributed by atoms with Crippen LogP contribution >= 0.6 is 0 Å². The number of rotatable bonds is 48. The molecule has 0 heterocycles. The van der Waals surface area contributed by atoms with Crippen molar-refractivity contribution in [2.75, 3.05) is 6.61 Å². The van der Waals surface area contributed by atoms with Gasteiger partial charge in [0, 0.05) is 6.42 Å². The highest BCUT2D eigenvalue weighted by molar-refractivity contribution is 5.77. The summed E-state index contributed by atoms with van der Waals surface area (Å²) in [6.07, 6.45) is 57.7. The van der Waals surface area contributed by atoms with E-state index in [0.717, 1.165) is 77.0 Å². The summed E-state index contributed by atoms with van der Waals surface area (Å²) in [6.45, 7) is 6.46. The number of amides is 1. The zero-order valence-electron chi connectivity index (χ0n) is 40.8. The molecule has 1 amide bonds. The quantitative estimate of drug-likeness (QED) is 0.0322. The number of carbonyl (C=O) groups excluding carboxylic acids is 2. The van der Waals surface area contributed by atoms with E-state index in [1.807, 2.05) is 0 Å². The van der Waals surface area contributed by atoms with Crippen LogP contribution < -0.4 is 5.32 Å². The Kier molecular flexibility index (Phi) is 47.6. The van der Waals surface area contributed by atoms with Crippen molar-refractivity contribution >= 4 is 11.9 Å². The van der Waals surface area contributed by atoms with Crippen molar-refractivity contribution in [3.05, 3.63) is 36.5 Å². The molecule has 3 N–H and O–H groups in total. The zero-order chi connectivity index (χ0) is 44.5. The summed E-state index contributed by atoms with van der Waals surface area (Å²) < 4.78 is 5.94. The maximum absolute atomic E-state index is 13.2. The highest BCUT2D eigenvalue weighted by Gasteiger charge is 2.24. The Morgan fingerprint density at radius 3 is 1.30 bits per heavy atom. The van der Waals surface area contributed by atoms with Gasteiger partial charge in [-0.25, -0.2) is 0 Å². The van der Waals surface area contributed by atoms with E-state index < -0.39 is 18.2 Å². The SMILES string of the molecule is CCCCC/C=C\C/C=C\C/C=C\CCCCCCC(=O)OC(CCCCCCCCCCCCCCCCC)CC(=O)NC(CO)C(O)CCCCCCCCCCCC. The van der Waals surface area contributed by atoms with Gasteiger partial charge < -0.3 is 20.3 Å². The molecule has 0 aromatic heterocycles. The molecular weight excluding hydrogens is 755 g/mol. The van der Waals surface area contributed by atoms with E-state index in [-0.39, 0.29) is 24.9 Å². The number of hydrogen-bond acceptors (Lipinski definition) is 5. The second kappa shape index (κ2) is 49.1. The van der Waals surface area contributed by atoms with Crippen LogP contribution in [0.15, 0.2) is 36.5 Å². The van der Waals surface area contributed by atoms with Gasteiger partial charge in [0.1, 0.15) is 6.10 Å². The van der Waals surface area contributed by atoms with Crippen LogP contribution in [0.1, 0.15) is 278 Å². The summed E-state index contributed by atoms with van der Waals surface area (Å²) in [6, 6.07) is -0.702. The topological polar surface area (TPSA) is 95.9 Å². The Morgan fingerprint density at radius 2 is 0.836 bits per heavy atom. The van der Waals surface area contributed by atoms with E-state index in [9.17, 15) is 19.8 Å². The molecule has 0 rings (SSSR count). The zero-order valence-corrected chi connectivity index (χ0v) is 40.8. The summed E-state index contributed by atoms with van der Waals surface area (Å²) in [7, 11) is 0. The fourth-order valence-corrected chi connectivity index (χ4v) is 8.14. The Balaban J connectivity index is 4.58. The molecule has 358 valence electrons. The van der Waals surface area contributed by atoms with Gasteiger partial charge in [-0.3, -0.25) is 9.59 Å². The molecule has 0 radical (unpaired) electrons. The Morgan fingerprint density at radius 1 is 0.475 bits per heavy atom. The number of aliphatic hydroxyl groups excluding tert-OH is 2. The van der Waals surface area contributed by atoms with Crippen molar-refractivity contribution < 1.29 is 24.5 Å². The lowest BCUT2D eigenvalue weighted by molar-refractivity contribution is -0.151. The first-order valence-corrected chi connectivity index (χ1v) is 26.7. The van der Waals surface area contributed by atoms with Gasteiger partial charge in [-0.15, -0.1) is 0 Å². The molecule has 3 atom stereocenters. The molecule has 61 heavy (non-hydrogen) atoms. The lowest BCUT2D eigenvalue weighted by Gasteiger charge is -2.24. The fraction of sp³-hybridized carbons (Fsp3) is 0.855. The Labute approximate surface area is 379 Å². The van der Waals surface area contributed by atoms with Crippen molar-refractivity contribution in [2.24, 2.45) is 0 Å². The van der Waals surface area contributed by atoms with E-state index in [1.54, 1.807) is 0 Å². The predicted octanol–water partition coefficient (Wildman–Crippen LogP) is 16.1. The molecular formula is C55H103NO5. The lowest BCUT2D eigenvalue weighted by Crippen LogP contribution is -2.46. The maximum atomic E-state index is 13.2. The smallest absolute Gasteiger partial charge is 0.306 e. The van der Waals surface area contributed by atoms with Crippen LogP contribution in [-0.4, -0.2) is 46.9 Å². The summed E-state index contributed by atoms with van der Waals surface area (Å²) in [5, 5.41) is 23.7. The van der Waals surface area contributed by atoms with Crippen LogP contribution in [0.2, 0.25) is 0 Å². The second-order valence-electron chi connectivity index (χ2n) is 18.3. The molecule has 0 aliphatic heterocycles. The minimum Gasteiger partial charge on any atom is -0.462 e. The molecule has 0 saturated heterocycles. The summed E-state index contributed by atoms with van der Waals surface area (Å²) in [5.41, 5.74) is 0. The first-order chi connectivity index (χ1) is 30.0. The number of allylic oxidation sites excluding steroid dienone is 6. The van der Waals surface area contributed by atoms with Crippen LogP contribution in [0.4, 0.5) is 0 Å². The largest absolute Gasteiger partial charge is 0.462 e. The molecule has 0 aliphatic rings. The van der Waals surface area contributed by atoms with Gasteiger partial charge in [-0.05, 0) is 64.2 Å². The monoisotopic (exact) mass is 858 g/mol. The van der Waals surface area contributed by atoms with Crippen LogP contribution in [-0.2, 0) is 14.3 Å². The second-order valence-corrected chi connectivity index (χ2v) is 18.3.